The molecule has 0 aliphatic carbocycles. The van der Waals surface area contributed by atoms with E-state index in [4.69, 9.17) is 0 Å². The molecule has 0 aliphatic rings. The van der Waals surface area contributed by atoms with Crippen molar-refractivity contribution < 1.29 is 4.79 Å². The van der Waals surface area contributed by atoms with E-state index in [1.165, 1.54) is 11.3 Å². The van der Waals surface area contributed by atoms with Crippen LogP contribution in [-0.4, -0.2) is 20.7 Å². The van der Waals surface area contributed by atoms with Gasteiger partial charge in [0.1, 0.15) is 10.7 Å². The fourth-order valence-corrected chi connectivity index (χ4v) is 2.49. The summed E-state index contributed by atoms with van der Waals surface area (Å²) in [6, 6.07) is 1.78. The molecular weight excluding hydrogens is 304 g/mol. The lowest BCUT2D eigenvalue weighted by atomic mass is 10.4. The van der Waals surface area contributed by atoms with E-state index in [2.05, 4.69) is 31.4 Å². The molecule has 0 unspecified atom stereocenters. The summed E-state index contributed by atoms with van der Waals surface area (Å²) in [5, 5.41) is 11.8. The fourth-order valence-electron chi connectivity index (χ4n) is 1.44. The van der Waals surface area contributed by atoms with E-state index >= 15 is 0 Å². The minimum atomic E-state index is -0.172. The Bertz CT molecular complexity index is 548. The van der Waals surface area contributed by atoms with E-state index in [1.54, 1.807) is 6.07 Å². The van der Waals surface area contributed by atoms with Crippen LogP contribution in [0, 0.1) is 6.92 Å². The first-order valence-electron chi connectivity index (χ1n) is 5.07. The summed E-state index contributed by atoms with van der Waals surface area (Å²) in [5.74, 6) is -0.172. The van der Waals surface area contributed by atoms with Crippen LogP contribution >= 0.6 is 27.3 Å². The Morgan fingerprint density at radius 1 is 1.59 bits per heavy atom. The van der Waals surface area contributed by atoms with Crippen LogP contribution in [0.2, 0.25) is 0 Å². The smallest absolute Gasteiger partial charge is 0.274 e. The van der Waals surface area contributed by atoms with Gasteiger partial charge in [-0.3, -0.25) is 10.1 Å². The quantitative estimate of drug-likeness (QED) is 0.947. The number of nitrogens with zero attached hydrogens (tertiary/aromatic N) is 3. The molecule has 0 fully saturated rings. The molecule has 17 heavy (non-hydrogen) atoms. The van der Waals surface area contributed by atoms with Crippen molar-refractivity contribution in [1.82, 2.24) is 14.8 Å². The van der Waals surface area contributed by atoms with Gasteiger partial charge in [0.05, 0.1) is 0 Å². The number of nitrogens with one attached hydrogen (secondary N) is 1. The Balaban J connectivity index is 2.19. The number of carbonyl (C=O) groups is 1. The van der Waals surface area contributed by atoms with Gasteiger partial charge in [0.2, 0.25) is 5.13 Å². The molecule has 0 saturated carbocycles. The summed E-state index contributed by atoms with van der Waals surface area (Å²) in [6.45, 7) is 4.57. The van der Waals surface area contributed by atoms with Gasteiger partial charge in [0, 0.05) is 17.2 Å². The molecule has 0 bridgehead atoms. The monoisotopic (exact) mass is 314 g/mol. The average Bonchev–Trinajstić information content (AvgIpc) is 2.84. The van der Waals surface area contributed by atoms with Crippen LogP contribution in [0.5, 0.6) is 0 Å². The van der Waals surface area contributed by atoms with Crippen LogP contribution < -0.4 is 5.32 Å². The van der Waals surface area contributed by atoms with E-state index in [9.17, 15) is 4.79 Å². The molecule has 5 nitrogen and oxygen atoms in total. The van der Waals surface area contributed by atoms with Crippen LogP contribution in [0.25, 0.3) is 0 Å². The number of carbonyl (C=O) groups excluding carboxylic acids is 1. The summed E-state index contributed by atoms with van der Waals surface area (Å²) >= 11 is 4.71. The van der Waals surface area contributed by atoms with E-state index in [1.807, 2.05) is 24.6 Å². The predicted octanol–water partition coefficient (Wildman–Crippen LogP) is 2.68. The zero-order chi connectivity index (χ0) is 12.4. The van der Waals surface area contributed by atoms with Crippen molar-refractivity contribution in [2.24, 2.45) is 0 Å². The van der Waals surface area contributed by atoms with E-state index in [0.29, 0.717) is 10.8 Å². The minimum Gasteiger partial charge on any atom is -0.343 e. The van der Waals surface area contributed by atoms with E-state index < -0.39 is 0 Å². The number of hydrogen-bond donors (Lipinski definition) is 1. The van der Waals surface area contributed by atoms with Gasteiger partial charge in [0.25, 0.3) is 5.91 Å². The summed E-state index contributed by atoms with van der Waals surface area (Å²) in [7, 11) is 0. The number of halogens is 1. The van der Waals surface area contributed by atoms with Gasteiger partial charge < -0.3 is 4.57 Å². The lowest BCUT2D eigenvalue weighted by Gasteiger charge is -2.04. The van der Waals surface area contributed by atoms with Gasteiger partial charge in [-0.15, -0.1) is 10.2 Å². The number of hydrogen-bond acceptors (Lipinski definition) is 4. The Morgan fingerprint density at radius 2 is 2.35 bits per heavy atom. The molecule has 0 spiro atoms. The van der Waals surface area contributed by atoms with Crippen LogP contribution in [-0.2, 0) is 6.54 Å². The number of anilines is 1. The molecule has 2 aromatic rings. The maximum Gasteiger partial charge on any atom is 0.274 e. The molecule has 90 valence electrons. The number of amides is 1. The highest BCUT2D eigenvalue weighted by Gasteiger charge is 2.14. The summed E-state index contributed by atoms with van der Waals surface area (Å²) in [5.41, 5.74) is 0.604. The zero-order valence-corrected chi connectivity index (χ0v) is 11.8. The summed E-state index contributed by atoms with van der Waals surface area (Å²) < 4.78 is 2.76. The molecule has 0 aliphatic heterocycles. The van der Waals surface area contributed by atoms with Crippen LogP contribution in [0.4, 0.5) is 5.13 Å². The normalized spacial score (nSPS) is 10.5. The van der Waals surface area contributed by atoms with Crippen LogP contribution in [0.1, 0.15) is 22.4 Å². The van der Waals surface area contributed by atoms with Gasteiger partial charge in [-0.2, -0.15) is 0 Å². The second kappa shape index (κ2) is 4.97. The molecule has 0 atom stereocenters. The Morgan fingerprint density at radius 3 is 2.94 bits per heavy atom. The maximum atomic E-state index is 12.0. The standard InChI is InChI=1S/C10H11BrN4OS/c1-3-15-5-7(11)4-8(15)9(16)12-10-14-13-6(2)17-10/h4-5H,3H2,1-2H3,(H,12,14,16). The second-order valence-electron chi connectivity index (χ2n) is 3.41. The maximum absolute atomic E-state index is 12.0. The summed E-state index contributed by atoms with van der Waals surface area (Å²) in [6.07, 6.45) is 1.88. The van der Waals surface area contributed by atoms with Crippen molar-refractivity contribution in [2.75, 3.05) is 5.32 Å². The first-order chi connectivity index (χ1) is 8.10. The molecule has 0 saturated heterocycles. The SMILES string of the molecule is CCn1cc(Br)cc1C(=O)Nc1nnc(C)s1. The van der Waals surface area contributed by atoms with E-state index in [0.717, 1.165) is 16.0 Å². The lowest BCUT2D eigenvalue weighted by molar-refractivity contribution is 0.101. The molecule has 1 N–H and O–H groups in total. The molecule has 0 radical (unpaired) electrons. The third kappa shape index (κ3) is 2.73. The number of rotatable bonds is 3. The zero-order valence-electron chi connectivity index (χ0n) is 9.40. The minimum absolute atomic E-state index is 0.172. The topological polar surface area (TPSA) is 59.8 Å². The second-order valence-corrected chi connectivity index (χ2v) is 5.51. The molecular formula is C10H11BrN4OS. The lowest BCUT2D eigenvalue weighted by Crippen LogP contribution is -2.16. The van der Waals surface area contributed by atoms with Gasteiger partial charge in [-0.1, -0.05) is 11.3 Å². The Hall–Kier alpha value is -1.21. The van der Waals surface area contributed by atoms with E-state index in [-0.39, 0.29) is 5.91 Å². The van der Waals surface area contributed by atoms with Crippen molar-refractivity contribution in [3.63, 3.8) is 0 Å². The van der Waals surface area contributed by atoms with Gasteiger partial charge in [0.15, 0.2) is 0 Å². The molecule has 2 aromatic heterocycles. The third-order valence-electron chi connectivity index (χ3n) is 2.18. The van der Waals surface area contributed by atoms with Gasteiger partial charge in [-0.25, -0.2) is 0 Å². The number of aryl methyl sites for hydroxylation is 2. The molecule has 0 aromatic carbocycles. The fraction of sp³-hybridized carbons (Fsp3) is 0.300. The van der Waals surface area contributed by atoms with Crippen molar-refractivity contribution >= 4 is 38.3 Å². The largest absolute Gasteiger partial charge is 0.343 e. The molecule has 7 heteroatoms. The van der Waals surface area contributed by atoms with Gasteiger partial charge >= 0.3 is 0 Å². The average molecular weight is 315 g/mol. The predicted molar refractivity (Wildman–Crippen MR) is 70.4 cm³/mol. The third-order valence-corrected chi connectivity index (χ3v) is 3.37. The Labute approximate surface area is 111 Å². The van der Waals surface area contributed by atoms with Crippen LogP contribution in [0.3, 0.4) is 0 Å². The van der Waals surface area contributed by atoms with Crippen molar-refractivity contribution in [3.05, 3.63) is 27.4 Å². The van der Waals surface area contributed by atoms with Crippen molar-refractivity contribution in [1.29, 1.82) is 0 Å². The summed E-state index contributed by atoms with van der Waals surface area (Å²) in [4.78, 5) is 12.0. The number of aromatic nitrogens is 3. The van der Waals surface area contributed by atoms with Gasteiger partial charge in [-0.05, 0) is 35.8 Å². The Kier molecular flexibility index (Phi) is 3.58. The highest BCUT2D eigenvalue weighted by atomic mass is 79.9. The highest BCUT2D eigenvalue weighted by molar-refractivity contribution is 9.10. The molecule has 2 heterocycles. The van der Waals surface area contributed by atoms with Crippen LogP contribution in [0.15, 0.2) is 16.7 Å². The van der Waals surface area contributed by atoms with Crippen molar-refractivity contribution in [2.45, 2.75) is 20.4 Å². The highest BCUT2D eigenvalue weighted by Crippen LogP contribution is 2.18. The first kappa shape index (κ1) is 12.3. The van der Waals surface area contributed by atoms with Crippen molar-refractivity contribution in [3.8, 4) is 0 Å². The molecule has 2 rings (SSSR count). The first-order valence-corrected chi connectivity index (χ1v) is 6.68. The molecule has 1 amide bonds.